The van der Waals surface area contributed by atoms with Crippen molar-refractivity contribution < 1.29 is 24.2 Å². The zero-order valence-electron chi connectivity index (χ0n) is 13.3. The molecule has 0 fully saturated rings. The molecular weight excluding hydrogens is 260 g/mol. The van der Waals surface area contributed by atoms with E-state index in [9.17, 15) is 9.59 Å². The highest BCUT2D eigenvalue weighted by Crippen LogP contribution is 2.21. The number of carbonyl (C=O) groups is 2. The van der Waals surface area contributed by atoms with E-state index >= 15 is 0 Å². The zero-order chi connectivity index (χ0) is 15.8. The monoisotopic (exact) mass is 288 g/mol. The van der Waals surface area contributed by atoms with Crippen molar-refractivity contribution in [3.8, 4) is 0 Å². The number of hydrogen-bond donors (Lipinski definition) is 1. The molecule has 0 atom stereocenters. The number of unbranched alkanes of at least 4 members (excludes halogenated alkanes) is 1. The average molecular weight is 288 g/mol. The Bertz CT molecular complexity index is 315. The molecule has 0 aromatic carbocycles. The minimum Gasteiger partial charge on any atom is -0.481 e. The van der Waals surface area contributed by atoms with Crippen LogP contribution in [0, 0.1) is 5.41 Å². The molecule has 0 saturated carbocycles. The Morgan fingerprint density at radius 2 is 1.55 bits per heavy atom. The lowest BCUT2D eigenvalue weighted by Gasteiger charge is -2.27. The fourth-order valence-electron chi connectivity index (χ4n) is 1.50. The van der Waals surface area contributed by atoms with Gasteiger partial charge >= 0.3 is 11.9 Å². The van der Waals surface area contributed by atoms with Crippen molar-refractivity contribution in [2.75, 3.05) is 6.61 Å². The molecule has 118 valence electrons. The van der Waals surface area contributed by atoms with Crippen LogP contribution in [0.1, 0.15) is 66.7 Å². The van der Waals surface area contributed by atoms with Gasteiger partial charge < -0.3 is 14.6 Å². The Morgan fingerprint density at radius 1 is 1.00 bits per heavy atom. The molecule has 0 aromatic rings. The van der Waals surface area contributed by atoms with E-state index in [0.29, 0.717) is 19.4 Å². The van der Waals surface area contributed by atoms with E-state index in [1.165, 1.54) is 0 Å². The van der Waals surface area contributed by atoms with Crippen molar-refractivity contribution in [2.45, 2.75) is 72.5 Å². The van der Waals surface area contributed by atoms with Crippen LogP contribution in [0.5, 0.6) is 0 Å². The van der Waals surface area contributed by atoms with Crippen LogP contribution in [0.3, 0.4) is 0 Å². The molecule has 0 radical (unpaired) electrons. The van der Waals surface area contributed by atoms with Crippen molar-refractivity contribution in [2.24, 2.45) is 5.41 Å². The summed E-state index contributed by atoms with van der Waals surface area (Å²) in [4.78, 5) is 21.9. The van der Waals surface area contributed by atoms with Crippen molar-refractivity contribution in [3.63, 3.8) is 0 Å². The van der Waals surface area contributed by atoms with E-state index < -0.39 is 11.8 Å². The molecule has 0 aromatic heterocycles. The molecule has 20 heavy (non-hydrogen) atoms. The number of carboxylic acids is 1. The third-order valence-corrected chi connectivity index (χ3v) is 2.68. The molecule has 0 saturated heterocycles. The predicted molar refractivity (Wildman–Crippen MR) is 76.3 cm³/mol. The summed E-state index contributed by atoms with van der Waals surface area (Å²) in [5.41, 5.74) is 0.178. The van der Waals surface area contributed by atoms with E-state index in [0.717, 1.165) is 6.42 Å². The first-order chi connectivity index (χ1) is 9.02. The number of carbonyl (C=O) groups excluding carboxylic acids is 1. The first-order valence-corrected chi connectivity index (χ1v) is 7.09. The molecule has 1 N–H and O–H groups in total. The molecule has 5 heteroatoms. The van der Waals surface area contributed by atoms with Crippen LogP contribution in [-0.4, -0.2) is 29.4 Å². The maximum Gasteiger partial charge on any atom is 0.308 e. The van der Waals surface area contributed by atoms with Gasteiger partial charge in [-0.3, -0.25) is 9.59 Å². The van der Waals surface area contributed by atoms with Gasteiger partial charge in [0, 0.05) is 26.7 Å². The van der Waals surface area contributed by atoms with Gasteiger partial charge in [0.25, 0.3) is 0 Å². The number of ether oxygens (including phenoxy) is 2. The van der Waals surface area contributed by atoms with Gasteiger partial charge in [-0.25, -0.2) is 0 Å². The van der Waals surface area contributed by atoms with Gasteiger partial charge in [-0.2, -0.15) is 0 Å². The molecule has 5 nitrogen and oxygen atoms in total. The van der Waals surface area contributed by atoms with Crippen molar-refractivity contribution in [1.29, 1.82) is 0 Å². The summed E-state index contributed by atoms with van der Waals surface area (Å²) >= 11 is 0. The van der Waals surface area contributed by atoms with Gasteiger partial charge in [0.15, 0.2) is 0 Å². The molecule has 0 rings (SSSR count). The van der Waals surface area contributed by atoms with Gasteiger partial charge in [-0.1, -0.05) is 20.8 Å². The number of esters is 1. The maximum atomic E-state index is 11.6. The van der Waals surface area contributed by atoms with Crippen LogP contribution < -0.4 is 0 Å². The molecule has 0 bridgehead atoms. The summed E-state index contributed by atoms with van der Waals surface area (Å²) < 4.78 is 10.8. The Balaban J connectivity index is 3.88. The molecule has 0 aliphatic rings. The lowest BCUT2D eigenvalue weighted by molar-refractivity contribution is -0.217. The highest BCUT2D eigenvalue weighted by Gasteiger charge is 2.24. The Labute approximate surface area is 121 Å². The smallest absolute Gasteiger partial charge is 0.308 e. The van der Waals surface area contributed by atoms with Crippen LogP contribution in [0.2, 0.25) is 0 Å². The Hall–Kier alpha value is -1.10. The fourth-order valence-corrected chi connectivity index (χ4v) is 1.50. The predicted octanol–water partition coefficient (Wildman–Crippen LogP) is 3.36. The molecule has 0 amide bonds. The third-order valence-electron chi connectivity index (χ3n) is 2.68. The van der Waals surface area contributed by atoms with Crippen molar-refractivity contribution >= 4 is 11.9 Å². The van der Waals surface area contributed by atoms with Crippen LogP contribution in [0.15, 0.2) is 0 Å². The lowest BCUT2D eigenvalue weighted by Crippen LogP contribution is -2.32. The summed E-state index contributed by atoms with van der Waals surface area (Å²) in [6.45, 7) is 10.3. The minimum absolute atomic E-state index is 0.0821. The maximum absolute atomic E-state index is 11.6. The molecule has 0 aliphatic heterocycles. The van der Waals surface area contributed by atoms with E-state index in [2.05, 4.69) is 20.8 Å². The first kappa shape index (κ1) is 18.9. The van der Waals surface area contributed by atoms with Gasteiger partial charge in [-0.05, 0) is 24.7 Å². The Morgan fingerprint density at radius 3 is 2.05 bits per heavy atom. The third kappa shape index (κ3) is 12.0. The zero-order valence-corrected chi connectivity index (χ0v) is 13.3. The summed E-state index contributed by atoms with van der Waals surface area (Å²) in [7, 11) is 0. The van der Waals surface area contributed by atoms with Crippen molar-refractivity contribution in [1.82, 2.24) is 0 Å². The molecular formula is C15H28O5. The molecule has 0 heterocycles. The lowest BCUT2D eigenvalue weighted by atomic mass is 9.93. The number of carboxylic acid groups (broad SMARTS) is 1. The SMILES string of the molecule is CC(C)(C)CCOC(C)(C)OC(=O)CCCCC(=O)O. The second-order valence-corrected chi connectivity index (χ2v) is 6.63. The first-order valence-electron chi connectivity index (χ1n) is 7.09. The van der Waals surface area contributed by atoms with Gasteiger partial charge in [0.2, 0.25) is 5.79 Å². The van der Waals surface area contributed by atoms with Gasteiger partial charge in [0.05, 0.1) is 6.61 Å². The molecule has 0 aliphatic carbocycles. The van der Waals surface area contributed by atoms with E-state index in [1.54, 1.807) is 13.8 Å². The summed E-state index contributed by atoms with van der Waals surface area (Å²) in [5, 5.41) is 8.49. The standard InChI is InChI=1S/C15H28O5/c1-14(2,3)10-11-19-15(4,5)20-13(18)9-7-6-8-12(16)17/h6-11H2,1-5H3,(H,16,17). The van der Waals surface area contributed by atoms with Crippen molar-refractivity contribution in [3.05, 3.63) is 0 Å². The highest BCUT2D eigenvalue weighted by molar-refractivity contribution is 5.70. The summed E-state index contributed by atoms with van der Waals surface area (Å²) in [6, 6.07) is 0. The topological polar surface area (TPSA) is 72.8 Å². The summed E-state index contributed by atoms with van der Waals surface area (Å²) in [6.07, 6.45) is 2.18. The normalized spacial score (nSPS) is 12.2. The van der Waals surface area contributed by atoms with Gasteiger partial charge in [-0.15, -0.1) is 0 Å². The quantitative estimate of drug-likeness (QED) is 0.400. The van der Waals surface area contributed by atoms with Gasteiger partial charge in [0.1, 0.15) is 0 Å². The van der Waals surface area contributed by atoms with E-state index in [1.807, 2.05) is 0 Å². The largest absolute Gasteiger partial charge is 0.481 e. The molecule has 0 spiro atoms. The molecule has 0 unspecified atom stereocenters. The van der Waals surface area contributed by atoms with Crippen LogP contribution in [0.25, 0.3) is 0 Å². The van der Waals surface area contributed by atoms with E-state index in [-0.39, 0.29) is 24.2 Å². The Kier molecular flexibility index (Phi) is 7.79. The average Bonchev–Trinajstić information content (AvgIpc) is 2.21. The highest BCUT2D eigenvalue weighted by atomic mass is 16.7. The van der Waals surface area contributed by atoms with E-state index in [4.69, 9.17) is 14.6 Å². The number of hydrogen-bond acceptors (Lipinski definition) is 4. The van der Waals surface area contributed by atoms with Crippen LogP contribution >= 0.6 is 0 Å². The second kappa shape index (κ2) is 8.25. The number of rotatable bonds is 9. The van der Waals surface area contributed by atoms with Crippen LogP contribution in [-0.2, 0) is 19.1 Å². The fraction of sp³-hybridized carbons (Fsp3) is 0.867. The number of aliphatic carboxylic acids is 1. The summed E-state index contributed by atoms with van der Waals surface area (Å²) in [5.74, 6) is -2.13. The minimum atomic E-state index is -0.935. The second-order valence-electron chi connectivity index (χ2n) is 6.63. The van der Waals surface area contributed by atoms with Crippen LogP contribution in [0.4, 0.5) is 0 Å².